The number of benzene rings is 1. The van der Waals surface area contributed by atoms with Gasteiger partial charge in [-0.15, -0.1) is 0 Å². The Morgan fingerprint density at radius 3 is 2.95 bits per heavy atom. The molecule has 0 aliphatic carbocycles. The predicted molar refractivity (Wildman–Crippen MR) is 82.9 cm³/mol. The van der Waals surface area contributed by atoms with Gasteiger partial charge in [0.2, 0.25) is 0 Å². The van der Waals surface area contributed by atoms with Gasteiger partial charge in [0.05, 0.1) is 6.61 Å². The van der Waals surface area contributed by atoms with Crippen LogP contribution in [-0.2, 0) is 9.53 Å². The average Bonchev–Trinajstić information content (AvgIpc) is 3.05. The van der Waals surface area contributed by atoms with Crippen LogP contribution in [0.3, 0.4) is 0 Å². The highest BCUT2D eigenvalue weighted by Gasteiger charge is 2.21. The van der Waals surface area contributed by atoms with E-state index in [1.54, 1.807) is 18.2 Å². The number of rotatable bonds is 6. The van der Waals surface area contributed by atoms with E-state index in [4.69, 9.17) is 9.84 Å². The van der Waals surface area contributed by atoms with Crippen molar-refractivity contribution in [3.63, 3.8) is 0 Å². The van der Waals surface area contributed by atoms with Crippen LogP contribution in [0.1, 0.15) is 41.6 Å². The van der Waals surface area contributed by atoms with Crippen LogP contribution < -0.4 is 5.32 Å². The monoisotopic (exact) mass is 303 g/mol. The summed E-state index contributed by atoms with van der Waals surface area (Å²) < 4.78 is 5.37. The molecule has 1 saturated heterocycles. The lowest BCUT2D eigenvalue weighted by atomic mass is 9.96. The fourth-order valence-corrected chi connectivity index (χ4v) is 2.47. The first-order valence-electron chi connectivity index (χ1n) is 7.44. The second-order valence-electron chi connectivity index (χ2n) is 5.35. The zero-order chi connectivity index (χ0) is 15.9. The fraction of sp³-hybridized carbons (Fsp3) is 0.412. The molecule has 1 aromatic rings. The Morgan fingerprint density at radius 1 is 1.50 bits per heavy atom. The molecule has 0 bridgehead atoms. The topological polar surface area (TPSA) is 75.6 Å². The van der Waals surface area contributed by atoms with Crippen LogP contribution in [0.4, 0.5) is 0 Å². The molecule has 0 spiro atoms. The zero-order valence-electron chi connectivity index (χ0n) is 12.6. The molecule has 2 N–H and O–H groups in total. The van der Waals surface area contributed by atoms with Gasteiger partial charge < -0.3 is 15.2 Å². The van der Waals surface area contributed by atoms with Gasteiger partial charge in [-0.25, -0.2) is 4.79 Å². The predicted octanol–water partition coefficient (Wildman–Crippen LogP) is 2.34. The quantitative estimate of drug-likeness (QED) is 0.791. The van der Waals surface area contributed by atoms with Crippen LogP contribution in [-0.4, -0.2) is 36.2 Å². The molecular formula is C17H21NO4. The SMILES string of the molecule is C/C=C/CC(NC(=O)c1cccc(C2CCOC2)c1)C(=O)O. The minimum absolute atomic E-state index is 0.272. The average molecular weight is 303 g/mol. The molecule has 2 atom stereocenters. The molecular weight excluding hydrogens is 282 g/mol. The molecule has 0 radical (unpaired) electrons. The lowest BCUT2D eigenvalue weighted by Crippen LogP contribution is -2.40. The summed E-state index contributed by atoms with van der Waals surface area (Å²) in [5, 5.41) is 11.7. The summed E-state index contributed by atoms with van der Waals surface area (Å²) in [6.07, 6.45) is 4.71. The Morgan fingerprint density at radius 2 is 2.32 bits per heavy atom. The van der Waals surface area contributed by atoms with E-state index in [2.05, 4.69) is 5.32 Å². The smallest absolute Gasteiger partial charge is 0.326 e. The Hall–Kier alpha value is -2.14. The normalized spacial score (nSPS) is 19.2. The third-order valence-electron chi connectivity index (χ3n) is 3.76. The summed E-state index contributed by atoms with van der Waals surface area (Å²) in [6.45, 7) is 3.23. The van der Waals surface area contributed by atoms with Crippen LogP contribution in [0.15, 0.2) is 36.4 Å². The molecule has 5 heteroatoms. The van der Waals surface area contributed by atoms with E-state index < -0.39 is 12.0 Å². The van der Waals surface area contributed by atoms with E-state index in [1.807, 2.05) is 25.1 Å². The van der Waals surface area contributed by atoms with Crippen LogP contribution in [0.5, 0.6) is 0 Å². The highest BCUT2D eigenvalue weighted by atomic mass is 16.5. The maximum atomic E-state index is 12.3. The first kappa shape index (κ1) is 16.2. The summed E-state index contributed by atoms with van der Waals surface area (Å²) in [5.74, 6) is -1.09. The molecule has 1 heterocycles. The molecule has 1 amide bonds. The number of hydrogen-bond donors (Lipinski definition) is 2. The highest BCUT2D eigenvalue weighted by Crippen LogP contribution is 2.25. The summed E-state index contributed by atoms with van der Waals surface area (Å²) in [6, 6.07) is 6.41. The number of carboxylic acid groups (broad SMARTS) is 1. The summed E-state index contributed by atoms with van der Waals surface area (Å²) in [7, 11) is 0. The molecule has 2 rings (SSSR count). The van der Waals surface area contributed by atoms with E-state index >= 15 is 0 Å². The Kier molecular flexibility index (Phi) is 5.72. The molecule has 1 aromatic carbocycles. The van der Waals surface area contributed by atoms with Crippen molar-refractivity contribution in [2.24, 2.45) is 0 Å². The second-order valence-corrected chi connectivity index (χ2v) is 5.35. The van der Waals surface area contributed by atoms with E-state index in [-0.39, 0.29) is 12.3 Å². The number of carboxylic acids is 1. The number of ether oxygens (including phenoxy) is 1. The maximum absolute atomic E-state index is 12.3. The Bertz CT molecular complexity index is 562. The number of amides is 1. The number of allylic oxidation sites excluding steroid dienone is 1. The van der Waals surface area contributed by atoms with Crippen molar-refractivity contribution >= 4 is 11.9 Å². The largest absolute Gasteiger partial charge is 0.480 e. The van der Waals surface area contributed by atoms with E-state index in [0.29, 0.717) is 18.1 Å². The molecule has 5 nitrogen and oxygen atoms in total. The minimum atomic E-state index is -1.04. The van der Waals surface area contributed by atoms with Gasteiger partial charge in [-0.3, -0.25) is 4.79 Å². The van der Waals surface area contributed by atoms with Crippen molar-refractivity contribution < 1.29 is 19.4 Å². The molecule has 1 aliphatic rings. The first-order chi connectivity index (χ1) is 10.6. The van der Waals surface area contributed by atoms with Crippen molar-refractivity contribution in [3.8, 4) is 0 Å². The van der Waals surface area contributed by atoms with Gasteiger partial charge in [0.1, 0.15) is 6.04 Å². The molecule has 118 valence electrons. The molecule has 22 heavy (non-hydrogen) atoms. The first-order valence-corrected chi connectivity index (χ1v) is 7.44. The maximum Gasteiger partial charge on any atom is 0.326 e. The highest BCUT2D eigenvalue weighted by molar-refractivity contribution is 5.96. The number of nitrogens with one attached hydrogen (secondary N) is 1. The molecule has 1 aliphatic heterocycles. The van der Waals surface area contributed by atoms with E-state index in [0.717, 1.165) is 18.6 Å². The Labute approximate surface area is 130 Å². The minimum Gasteiger partial charge on any atom is -0.480 e. The molecule has 0 saturated carbocycles. The van der Waals surface area contributed by atoms with Crippen molar-refractivity contribution in [3.05, 3.63) is 47.5 Å². The fourth-order valence-electron chi connectivity index (χ4n) is 2.47. The van der Waals surface area contributed by atoms with Crippen molar-refractivity contribution in [1.82, 2.24) is 5.32 Å². The van der Waals surface area contributed by atoms with E-state index in [9.17, 15) is 9.59 Å². The van der Waals surface area contributed by atoms with Crippen LogP contribution >= 0.6 is 0 Å². The van der Waals surface area contributed by atoms with Gasteiger partial charge in [0.15, 0.2) is 0 Å². The summed E-state index contributed by atoms with van der Waals surface area (Å²) >= 11 is 0. The molecule has 2 unspecified atom stereocenters. The zero-order valence-corrected chi connectivity index (χ0v) is 12.6. The van der Waals surface area contributed by atoms with E-state index in [1.165, 1.54) is 0 Å². The van der Waals surface area contributed by atoms with Gasteiger partial charge in [0.25, 0.3) is 5.91 Å². The van der Waals surface area contributed by atoms with Crippen LogP contribution in [0.25, 0.3) is 0 Å². The van der Waals surface area contributed by atoms with Crippen molar-refractivity contribution in [2.75, 3.05) is 13.2 Å². The Balaban J connectivity index is 2.07. The lowest BCUT2D eigenvalue weighted by molar-refractivity contribution is -0.139. The standard InChI is InChI=1S/C17H21NO4/c1-2-3-7-15(17(20)21)18-16(19)13-6-4-5-12(10-13)14-8-9-22-11-14/h2-6,10,14-15H,7-9,11H2,1H3,(H,18,19)(H,20,21)/b3-2+. The molecule has 0 aromatic heterocycles. The third kappa shape index (κ3) is 4.18. The summed E-state index contributed by atoms with van der Waals surface area (Å²) in [4.78, 5) is 23.4. The number of carbonyl (C=O) groups is 2. The number of carbonyl (C=O) groups excluding carboxylic acids is 1. The van der Waals surface area contributed by atoms with Gasteiger partial charge in [0, 0.05) is 18.1 Å². The number of aliphatic carboxylic acids is 1. The van der Waals surface area contributed by atoms with Crippen molar-refractivity contribution in [2.45, 2.75) is 31.7 Å². The van der Waals surface area contributed by atoms with Gasteiger partial charge >= 0.3 is 5.97 Å². The lowest BCUT2D eigenvalue weighted by Gasteiger charge is -2.14. The van der Waals surface area contributed by atoms with Gasteiger partial charge in [-0.2, -0.15) is 0 Å². The third-order valence-corrected chi connectivity index (χ3v) is 3.76. The molecule has 1 fully saturated rings. The van der Waals surface area contributed by atoms with Crippen LogP contribution in [0, 0.1) is 0 Å². The van der Waals surface area contributed by atoms with Gasteiger partial charge in [-0.05, 0) is 37.5 Å². The van der Waals surface area contributed by atoms with Crippen molar-refractivity contribution in [1.29, 1.82) is 0 Å². The second kappa shape index (κ2) is 7.75. The van der Waals surface area contributed by atoms with Crippen LogP contribution in [0.2, 0.25) is 0 Å². The number of hydrogen-bond acceptors (Lipinski definition) is 3. The summed E-state index contributed by atoms with van der Waals surface area (Å²) in [5.41, 5.74) is 1.54. The van der Waals surface area contributed by atoms with Gasteiger partial charge in [-0.1, -0.05) is 24.3 Å².